The van der Waals surface area contributed by atoms with Crippen LogP contribution in [0.1, 0.15) is 43.6 Å². The molecule has 1 heterocycles. The average Bonchev–Trinajstić information content (AvgIpc) is 2.92. The van der Waals surface area contributed by atoms with E-state index in [-0.39, 0.29) is 11.4 Å². The van der Waals surface area contributed by atoms with Crippen molar-refractivity contribution in [1.29, 1.82) is 0 Å². The van der Waals surface area contributed by atoms with Crippen LogP contribution in [0.25, 0.3) is 0 Å². The van der Waals surface area contributed by atoms with Crippen molar-refractivity contribution in [2.24, 2.45) is 0 Å². The highest BCUT2D eigenvalue weighted by Gasteiger charge is 2.44. The van der Waals surface area contributed by atoms with Gasteiger partial charge in [-0.3, -0.25) is 0 Å². The first-order valence-electron chi connectivity index (χ1n) is 9.36. The lowest BCUT2D eigenvalue weighted by atomic mass is 9.84. The van der Waals surface area contributed by atoms with Crippen LogP contribution in [0.2, 0.25) is 0 Å². The number of sulfone groups is 1. The van der Waals surface area contributed by atoms with Gasteiger partial charge in [0.15, 0.2) is 9.84 Å². The van der Waals surface area contributed by atoms with Gasteiger partial charge in [-0.1, -0.05) is 31.4 Å². The Labute approximate surface area is 161 Å². The molecule has 0 aromatic heterocycles. The summed E-state index contributed by atoms with van der Waals surface area (Å²) in [7, 11) is -7.54. The molecule has 3 rings (SSSR count). The van der Waals surface area contributed by atoms with Crippen LogP contribution in [0.4, 0.5) is 0 Å². The van der Waals surface area contributed by atoms with E-state index >= 15 is 0 Å². The maximum atomic E-state index is 13.1. The number of aliphatic hydroxyl groups is 2. The van der Waals surface area contributed by atoms with Crippen LogP contribution in [-0.2, 0) is 19.9 Å². The summed E-state index contributed by atoms with van der Waals surface area (Å²) in [5.41, 5.74) is 1.12. The van der Waals surface area contributed by atoms with Gasteiger partial charge in [-0.25, -0.2) is 16.8 Å². The van der Waals surface area contributed by atoms with E-state index in [1.165, 1.54) is 19.3 Å². The van der Waals surface area contributed by atoms with Gasteiger partial charge < -0.3 is 10.2 Å². The van der Waals surface area contributed by atoms with Crippen LogP contribution in [0, 0.1) is 0 Å². The first-order chi connectivity index (χ1) is 12.7. The quantitative estimate of drug-likeness (QED) is 0.710. The Bertz CT molecular complexity index is 844. The van der Waals surface area contributed by atoms with Gasteiger partial charge >= 0.3 is 0 Å². The van der Waals surface area contributed by atoms with E-state index in [1.807, 2.05) is 12.1 Å². The van der Waals surface area contributed by atoms with Crippen molar-refractivity contribution in [3.05, 3.63) is 29.8 Å². The van der Waals surface area contributed by atoms with E-state index in [4.69, 9.17) is 0 Å². The van der Waals surface area contributed by atoms with Crippen molar-refractivity contribution in [2.75, 3.05) is 24.7 Å². The van der Waals surface area contributed by atoms with E-state index in [9.17, 15) is 27.0 Å². The van der Waals surface area contributed by atoms with Crippen LogP contribution in [-0.4, -0.2) is 68.2 Å². The molecule has 0 amide bonds. The summed E-state index contributed by atoms with van der Waals surface area (Å²) in [4.78, 5) is 0.0482. The predicted molar refractivity (Wildman–Crippen MR) is 102 cm³/mol. The van der Waals surface area contributed by atoms with E-state index in [1.54, 1.807) is 12.1 Å². The largest absolute Gasteiger partial charge is 0.395 e. The molecule has 27 heavy (non-hydrogen) atoms. The van der Waals surface area contributed by atoms with Gasteiger partial charge in [0.1, 0.15) is 0 Å². The normalized spacial score (nSPS) is 26.5. The topological polar surface area (TPSA) is 112 Å². The first-order valence-corrected chi connectivity index (χ1v) is 12.6. The molecule has 1 aromatic rings. The molecule has 2 N–H and O–H groups in total. The molecular weight excluding hydrogens is 390 g/mol. The summed E-state index contributed by atoms with van der Waals surface area (Å²) in [5, 5.41) is 19.4. The fourth-order valence-corrected chi connectivity index (χ4v) is 7.67. The Kier molecular flexibility index (Phi) is 6.27. The number of sulfonamides is 1. The minimum Gasteiger partial charge on any atom is -0.395 e. The summed E-state index contributed by atoms with van der Waals surface area (Å²) in [6.45, 7) is -0.716. The second kappa shape index (κ2) is 8.16. The van der Waals surface area contributed by atoms with Crippen LogP contribution < -0.4 is 0 Å². The molecule has 0 radical (unpaired) electrons. The van der Waals surface area contributed by atoms with Crippen molar-refractivity contribution >= 4 is 19.9 Å². The van der Waals surface area contributed by atoms with Crippen molar-refractivity contribution in [2.45, 2.75) is 55.1 Å². The third kappa shape index (κ3) is 4.54. The molecule has 1 aromatic carbocycles. The zero-order valence-corrected chi connectivity index (χ0v) is 16.8. The van der Waals surface area contributed by atoms with Crippen molar-refractivity contribution in [3.8, 4) is 0 Å². The summed E-state index contributed by atoms with van der Waals surface area (Å²) < 4.78 is 50.7. The van der Waals surface area contributed by atoms with Crippen LogP contribution in [0.15, 0.2) is 29.2 Å². The van der Waals surface area contributed by atoms with Crippen molar-refractivity contribution in [1.82, 2.24) is 4.31 Å². The molecule has 0 bridgehead atoms. The SMILES string of the molecule is O=S1(=O)C[C@@H](O)[C@H](N(CCO)S(=O)(=O)c2ccc(C3CCCCC3)cc2)C1. The first kappa shape index (κ1) is 20.7. The standard InChI is InChI=1S/C18H27NO6S2/c20-11-10-19(17-12-26(22,23)13-18(17)21)27(24,25)16-8-6-15(7-9-16)14-4-2-1-3-5-14/h6-9,14,17-18,20-21H,1-5,10-13H2/t17-,18-/m1/s1. The van der Waals surface area contributed by atoms with Crippen molar-refractivity contribution < 1.29 is 27.0 Å². The summed E-state index contributed by atoms with van der Waals surface area (Å²) in [6.07, 6.45) is 4.53. The lowest BCUT2D eigenvalue weighted by Gasteiger charge is -2.29. The van der Waals surface area contributed by atoms with E-state index < -0.39 is 50.1 Å². The number of nitrogens with zero attached hydrogens (tertiary/aromatic N) is 1. The Morgan fingerprint density at radius 2 is 1.67 bits per heavy atom. The van der Waals surface area contributed by atoms with Gasteiger partial charge in [-0.2, -0.15) is 4.31 Å². The molecule has 1 aliphatic heterocycles. The minimum absolute atomic E-state index is 0.0482. The highest BCUT2D eigenvalue weighted by Crippen LogP contribution is 2.33. The third-order valence-corrected chi connectivity index (χ3v) is 9.18. The Hall–Kier alpha value is -1.00. The lowest BCUT2D eigenvalue weighted by Crippen LogP contribution is -2.47. The van der Waals surface area contributed by atoms with Gasteiger partial charge in [0.05, 0.1) is 35.2 Å². The molecule has 7 nitrogen and oxygen atoms in total. The maximum absolute atomic E-state index is 13.1. The van der Waals surface area contributed by atoms with Crippen LogP contribution >= 0.6 is 0 Å². The Morgan fingerprint density at radius 3 is 2.19 bits per heavy atom. The van der Waals surface area contributed by atoms with Gasteiger partial charge in [-0.05, 0) is 36.5 Å². The van der Waals surface area contributed by atoms with Crippen LogP contribution in [0.3, 0.4) is 0 Å². The van der Waals surface area contributed by atoms with Gasteiger partial charge in [-0.15, -0.1) is 0 Å². The zero-order chi connectivity index (χ0) is 19.7. The smallest absolute Gasteiger partial charge is 0.243 e. The maximum Gasteiger partial charge on any atom is 0.243 e. The summed E-state index contributed by atoms with van der Waals surface area (Å²) in [6, 6.07) is 5.65. The molecule has 2 aliphatic rings. The van der Waals surface area contributed by atoms with Gasteiger partial charge in [0, 0.05) is 6.54 Å². The third-order valence-electron chi connectivity index (χ3n) is 5.55. The molecule has 1 aliphatic carbocycles. The summed E-state index contributed by atoms with van der Waals surface area (Å²) in [5.74, 6) is -0.450. The number of benzene rings is 1. The fraction of sp³-hybridized carbons (Fsp3) is 0.667. The lowest BCUT2D eigenvalue weighted by molar-refractivity contribution is 0.117. The average molecular weight is 418 g/mol. The number of aliphatic hydroxyl groups excluding tert-OH is 2. The Morgan fingerprint density at radius 1 is 1.04 bits per heavy atom. The van der Waals surface area contributed by atoms with Gasteiger partial charge in [0.25, 0.3) is 0 Å². The molecule has 0 spiro atoms. The molecule has 152 valence electrons. The van der Waals surface area contributed by atoms with Crippen LogP contribution in [0.5, 0.6) is 0 Å². The highest BCUT2D eigenvalue weighted by molar-refractivity contribution is 7.92. The molecule has 0 unspecified atom stereocenters. The molecule has 1 saturated heterocycles. The van der Waals surface area contributed by atoms with E-state index in [0.29, 0.717) is 5.92 Å². The summed E-state index contributed by atoms with van der Waals surface area (Å²) >= 11 is 0. The predicted octanol–water partition coefficient (Wildman–Crippen LogP) is 0.875. The Balaban J connectivity index is 1.86. The van der Waals surface area contributed by atoms with E-state index in [0.717, 1.165) is 22.7 Å². The van der Waals surface area contributed by atoms with Crippen molar-refractivity contribution in [3.63, 3.8) is 0 Å². The molecule has 1 saturated carbocycles. The highest BCUT2D eigenvalue weighted by atomic mass is 32.2. The second-order valence-electron chi connectivity index (χ2n) is 7.45. The molecular formula is C18H27NO6S2. The minimum atomic E-state index is -4.03. The number of hydrogen-bond acceptors (Lipinski definition) is 6. The second-order valence-corrected chi connectivity index (χ2v) is 11.5. The molecule has 2 fully saturated rings. The van der Waals surface area contributed by atoms with E-state index in [2.05, 4.69) is 0 Å². The number of rotatable bonds is 6. The molecule has 2 atom stereocenters. The fourth-order valence-electron chi connectivity index (χ4n) is 4.13. The number of hydrogen-bond donors (Lipinski definition) is 2. The zero-order valence-electron chi connectivity index (χ0n) is 15.2. The monoisotopic (exact) mass is 417 g/mol. The molecule has 9 heteroatoms. The van der Waals surface area contributed by atoms with Gasteiger partial charge in [0.2, 0.25) is 10.0 Å².